The van der Waals surface area contributed by atoms with E-state index in [4.69, 9.17) is 5.73 Å². The van der Waals surface area contributed by atoms with Gasteiger partial charge in [-0.3, -0.25) is 9.59 Å². The number of carbonyl (C=O) groups is 2. The Hall–Kier alpha value is -2.15. The maximum atomic E-state index is 12.3. The van der Waals surface area contributed by atoms with Crippen LogP contribution in [0.1, 0.15) is 23.2 Å². The zero-order valence-electron chi connectivity index (χ0n) is 11.6. The Morgan fingerprint density at radius 3 is 2.95 bits per heavy atom. The minimum atomic E-state index is -0.185. The van der Waals surface area contributed by atoms with Crippen molar-refractivity contribution in [2.75, 3.05) is 19.3 Å². The first-order chi connectivity index (χ1) is 10.0. The highest BCUT2D eigenvalue weighted by atomic mass is 32.1. The van der Waals surface area contributed by atoms with Gasteiger partial charge in [0.15, 0.2) is 5.13 Å². The van der Waals surface area contributed by atoms with Crippen molar-refractivity contribution in [3.8, 4) is 0 Å². The summed E-state index contributed by atoms with van der Waals surface area (Å²) in [6.07, 6.45) is 2.07. The molecule has 2 aromatic rings. The van der Waals surface area contributed by atoms with Crippen molar-refractivity contribution in [1.82, 2.24) is 15.2 Å². The number of benzene rings is 1. The lowest BCUT2D eigenvalue weighted by Crippen LogP contribution is -2.39. The second kappa shape index (κ2) is 5.33. The van der Waals surface area contributed by atoms with E-state index in [2.05, 4.69) is 10.3 Å². The standard InChI is InChI=1S/C14H16N4O2S/c1-18(7-12(19)16-9-3-4-9)13(20)8-2-5-10-11(6-8)21-14(15)17-10/h2,5-6,9H,3-4,7H2,1H3,(H2,15,17)(H,16,19). The lowest BCUT2D eigenvalue weighted by molar-refractivity contribution is -0.121. The Balaban J connectivity index is 1.70. The number of nitrogen functional groups attached to an aromatic ring is 1. The van der Waals surface area contributed by atoms with E-state index in [1.807, 2.05) is 0 Å². The fourth-order valence-electron chi connectivity index (χ4n) is 2.08. The van der Waals surface area contributed by atoms with Gasteiger partial charge in [0, 0.05) is 18.7 Å². The van der Waals surface area contributed by atoms with E-state index in [-0.39, 0.29) is 18.4 Å². The van der Waals surface area contributed by atoms with Gasteiger partial charge in [0.25, 0.3) is 5.91 Å². The summed E-state index contributed by atoms with van der Waals surface area (Å²) in [7, 11) is 1.63. The minimum absolute atomic E-state index is 0.0677. The maximum Gasteiger partial charge on any atom is 0.254 e. The Bertz CT molecular complexity index is 708. The molecule has 1 aliphatic carbocycles. The number of nitrogens with two attached hydrogens (primary N) is 1. The van der Waals surface area contributed by atoms with E-state index >= 15 is 0 Å². The number of hydrogen-bond acceptors (Lipinski definition) is 5. The molecule has 110 valence electrons. The predicted octanol–water partition coefficient (Wildman–Crippen LogP) is 1.23. The zero-order valence-corrected chi connectivity index (χ0v) is 12.4. The number of likely N-dealkylation sites (N-methyl/N-ethyl adjacent to an activating group) is 1. The van der Waals surface area contributed by atoms with Crippen molar-refractivity contribution in [3.63, 3.8) is 0 Å². The molecule has 2 amide bonds. The van der Waals surface area contributed by atoms with Gasteiger partial charge in [-0.15, -0.1) is 0 Å². The van der Waals surface area contributed by atoms with E-state index in [0.717, 1.165) is 23.1 Å². The summed E-state index contributed by atoms with van der Waals surface area (Å²) in [5, 5.41) is 3.35. The van der Waals surface area contributed by atoms with Crippen molar-refractivity contribution in [2.45, 2.75) is 18.9 Å². The molecule has 1 aromatic heterocycles. The van der Waals surface area contributed by atoms with E-state index in [1.165, 1.54) is 16.2 Å². The molecular weight excluding hydrogens is 288 g/mol. The maximum absolute atomic E-state index is 12.3. The number of rotatable bonds is 4. The lowest BCUT2D eigenvalue weighted by atomic mass is 10.2. The molecule has 0 saturated heterocycles. The van der Waals surface area contributed by atoms with Gasteiger partial charge in [-0.2, -0.15) is 0 Å². The van der Waals surface area contributed by atoms with Gasteiger partial charge in [0.2, 0.25) is 5.91 Å². The third-order valence-electron chi connectivity index (χ3n) is 3.32. The summed E-state index contributed by atoms with van der Waals surface area (Å²) in [6.45, 7) is 0.0677. The summed E-state index contributed by atoms with van der Waals surface area (Å²) < 4.78 is 0.870. The highest BCUT2D eigenvalue weighted by molar-refractivity contribution is 7.22. The lowest BCUT2D eigenvalue weighted by Gasteiger charge is -2.16. The molecule has 1 fully saturated rings. The Labute approximate surface area is 125 Å². The number of anilines is 1. The molecule has 6 nitrogen and oxygen atoms in total. The van der Waals surface area contributed by atoms with Crippen molar-refractivity contribution in [1.29, 1.82) is 0 Å². The van der Waals surface area contributed by atoms with Crippen LogP contribution in [-0.4, -0.2) is 41.3 Å². The van der Waals surface area contributed by atoms with Crippen molar-refractivity contribution >= 4 is 38.5 Å². The Morgan fingerprint density at radius 1 is 1.48 bits per heavy atom. The van der Waals surface area contributed by atoms with Gasteiger partial charge in [0.1, 0.15) is 0 Å². The molecule has 1 saturated carbocycles. The molecule has 0 spiro atoms. The summed E-state index contributed by atoms with van der Waals surface area (Å²) in [5.74, 6) is -0.300. The summed E-state index contributed by atoms with van der Waals surface area (Å²) in [6, 6.07) is 5.55. The molecule has 0 atom stereocenters. The van der Waals surface area contributed by atoms with Crippen LogP contribution in [0.2, 0.25) is 0 Å². The van der Waals surface area contributed by atoms with Crippen LogP contribution >= 0.6 is 11.3 Å². The van der Waals surface area contributed by atoms with Crippen LogP contribution in [0, 0.1) is 0 Å². The van der Waals surface area contributed by atoms with Crippen LogP contribution < -0.4 is 11.1 Å². The van der Waals surface area contributed by atoms with Gasteiger partial charge in [-0.05, 0) is 31.0 Å². The van der Waals surface area contributed by atoms with Gasteiger partial charge in [0.05, 0.1) is 16.8 Å². The number of aromatic nitrogens is 1. The largest absolute Gasteiger partial charge is 0.375 e. The summed E-state index contributed by atoms with van der Waals surface area (Å²) >= 11 is 1.34. The van der Waals surface area contributed by atoms with Crippen molar-refractivity contribution in [2.24, 2.45) is 0 Å². The molecule has 7 heteroatoms. The van der Waals surface area contributed by atoms with Crippen LogP contribution in [0.5, 0.6) is 0 Å². The predicted molar refractivity (Wildman–Crippen MR) is 82.2 cm³/mol. The zero-order chi connectivity index (χ0) is 15.0. The van der Waals surface area contributed by atoms with Gasteiger partial charge >= 0.3 is 0 Å². The number of carbonyl (C=O) groups excluding carboxylic acids is 2. The average molecular weight is 304 g/mol. The smallest absolute Gasteiger partial charge is 0.254 e. The van der Waals surface area contributed by atoms with Gasteiger partial charge < -0.3 is 16.0 Å². The Morgan fingerprint density at radius 2 is 2.24 bits per heavy atom. The first-order valence-electron chi connectivity index (χ1n) is 6.74. The van der Waals surface area contributed by atoms with E-state index in [0.29, 0.717) is 16.7 Å². The third-order valence-corrected chi connectivity index (χ3v) is 4.17. The molecule has 21 heavy (non-hydrogen) atoms. The number of nitrogens with one attached hydrogen (secondary N) is 1. The highest BCUT2D eigenvalue weighted by Crippen LogP contribution is 2.25. The quantitative estimate of drug-likeness (QED) is 0.889. The van der Waals surface area contributed by atoms with Crippen LogP contribution in [0.15, 0.2) is 18.2 Å². The number of hydrogen-bond donors (Lipinski definition) is 2. The second-order valence-corrected chi connectivity index (χ2v) is 6.30. The molecule has 0 aliphatic heterocycles. The molecule has 0 unspecified atom stereocenters. The van der Waals surface area contributed by atoms with Crippen LogP contribution in [-0.2, 0) is 4.79 Å². The summed E-state index contributed by atoms with van der Waals surface area (Å²) in [5.41, 5.74) is 6.97. The van der Waals surface area contributed by atoms with Crippen molar-refractivity contribution in [3.05, 3.63) is 23.8 Å². The van der Waals surface area contributed by atoms with Crippen LogP contribution in [0.3, 0.4) is 0 Å². The van der Waals surface area contributed by atoms with Crippen molar-refractivity contribution < 1.29 is 9.59 Å². The second-order valence-electron chi connectivity index (χ2n) is 5.24. The number of amides is 2. The van der Waals surface area contributed by atoms with Crippen LogP contribution in [0.25, 0.3) is 10.2 Å². The highest BCUT2D eigenvalue weighted by Gasteiger charge is 2.24. The third kappa shape index (κ3) is 3.13. The number of fused-ring (bicyclic) bond motifs is 1. The van der Waals surface area contributed by atoms with E-state index in [9.17, 15) is 9.59 Å². The fourth-order valence-corrected chi connectivity index (χ4v) is 2.86. The average Bonchev–Trinajstić information content (AvgIpc) is 3.15. The molecule has 0 bridgehead atoms. The minimum Gasteiger partial charge on any atom is -0.375 e. The molecular formula is C14H16N4O2S. The van der Waals surface area contributed by atoms with Crippen LogP contribution in [0.4, 0.5) is 5.13 Å². The first kappa shape index (κ1) is 13.8. The topological polar surface area (TPSA) is 88.3 Å². The summed E-state index contributed by atoms with van der Waals surface area (Å²) in [4.78, 5) is 29.6. The molecule has 1 aromatic carbocycles. The van der Waals surface area contributed by atoms with Gasteiger partial charge in [-0.25, -0.2) is 4.98 Å². The molecule has 1 heterocycles. The van der Waals surface area contributed by atoms with E-state index in [1.54, 1.807) is 25.2 Å². The fraction of sp³-hybridized carbons (Fsp3) is 0.357. The monoisotopic (exact) mass is 304 g/mol. The Kier molecular flexibility index (Phi) is 3.50. The molecule has 3 rings (SSSR count). The normalized spacial score (nSPS) is 14.1. The molecule has 3 N–H and O–H groups in total. The molecule has 0 radical (unpaired) electrons. The SMILES string of the molecule is CN(CC(=O)NC1CC1)C(=O)c1ccc2nc(N)sc2c1. The number of thiazole rings is 1. The molecule has 1 aliphatic rings. The number of nitrogens with zero attached hydrogens (tertiary/aromatic N) is 2. The van der Waals surface area contributed by atoms with E-state index < -0.39 is 0 Å². The van der Waals surface area contributed by atoms with Gasteiger partial charge in [-0.1, -0.05) is 11.3 Å². The first-order valence-corrected chi connectivity index (χ1v) is 7.55.